The number of carbonyl (C=O) groups is 1. The van der Waals surface area contributed by atoms with Crippen molar-refractivity contribution in [3.63, 3.8) is 0 Å². The summed E-state index contributed by atoms with van der Waals surface area (Å²) in [6, 6.07) is 15.8. The number of para-hydroxylation sites is 1. The molecule has 2 fully saturated rings. The molecule has 1 saturated heterocycles. The molecule has 1 aliphatic carbocycles. The zero-order chi connectivity index (χ0) is 19.8. The number of hydrogen-bond donors (Lipinski definition) is 2. The molecule has 3 aromatic rings. The minimum Gasteiger partial charge on any atom is -0.486 e. The minimum absolute atomic E-state index is 0.208. The lowest BCUT2D eigenvalue weighted by Gasteiger charge is -2.26. The van der Waals surface area contributed by atoms with Gasteiger partial charge < -0.3 is 9.84 Å². The van der Waals surface area contributed by atoms with Gasteiger partial charge in [0.1, 0.15) is 17.4 Å². The van der Waals surface area contributed by atoms with Crippen LogP contribution in [0.4, 0.5) is 0 Å². The Balaban J connectivity index is 1.32. The van der Waals surface area contributed by atoms with Gasteiger partial charge in [0.15, 0.2) is 0 Å². The Kier molecular flexibility index (Phi) is 4.73. The van der Waals surface area contributed by atoms with Crippen LogP contribution in [-0.4, -0.2) is 21.8 Å². The van der Waals surface area contributed by atoms with Crippen LogP contribution in [0.15, 0.2) is 48.5 Å². The minimum atomic E-state index is -1.29. The number of rotatable bonds is 7. The van der Waals surface area contributed by atoms with Gasteiger partial charge in [-0.3, -0.25) is 4.84 Å². The Morgan fingerprint density at radius 1 is 1.24 bits per heavy atom. The highest BCUT2D eigenvalue weighted by atomic mass is 32.1. The molecule has 2 atom stereocenters. The van der Waals surface area contributed by atoms with Gasteiger partial charge in [0.2, 0.25) is 0 Å². The molecule has 1 aliphatic heterocycles. The standard InChI is InChI=1S/C22H22N2O4S/c25-21(26)22(24-28-22)20(14-5-1-2-6-14)15-9-11-16(12-10-15)27-13-19-23-17-7-3-4-8-18(17)29-19/h3-4,7-12,14,20,24H,1-2,5-6,13H2,(H,25,26). The van der Waals surface area contributed by atoms with Gasteiger partial charge in [-0.2, -0.15) is 5.48 Å². The molecule has 0 spiro atoms. The fourth-order valence-corrected chi connectivity index (χ4v) is 5.31. The van der Waals surface area contributed by atoms with E-state index in [1.54, 1.807) is 11.3 Å². The predicted octanol–water partition coefficient (Wildman–Crippen LogP) is 4.46. The molecule has 29 heavy (non-hydrogen) atoms. The maximum atomic E-state index is 11.8. The van der Waals surface area contributed by atoms with Crippen molar-refractivity contribution in [1.29, 1.82) is 0 Å². The number of thiazole rings is 1. The Hall–Kier alpha value is -2.48. The molecular formula is C22H22N2O4S. The monoisotopic (exact) mass is 410 g/mol. The summed E-state index contributed by atoms with van der Waals surface area (Å²) in [5, 5.41) is 10.6. The molecule has 1 aromatic heterocycles. The molecular weight excluding hydrogens is 388 g/mol. The van der Waals surface area contributed by atoms with Gasteiger partial charge in [-0.25, -0.2) is 9.78 Å². The SMILES string of the molecule is O=C(O)C1(C(c2ccc(OCc3nc4ccccc4s3)cc2)C2CCCC2)NO1. The summed E-state index contributed by atoms with van der Waals surface area (Å²) in [6.45, 7) is 0.411. The van der Waals surface area contributed by atoms with E-state index >= 15 is 0 Å². The fourth-order valence-electron chi connectivity index (χ4n) is 4.43. The second-order valence-electron chi connectivity index (χ2n) is 7.70. The number of ether oxygens (including phenoxy) is 1. The number of hydroxylamine groups is 1. The van der Waals surface area contributed by atoms with Crippen molar-refractivity contribution in [2.45, 2.75) is 43.9 Å². The fraction of sp³-hybridized carbons (Fsp3) is 0.364. The quantitative estimate of drug-likeness (QED) is 0.558. The first-order chi connectivity index (χ1) is 14.2. The lowest BCUT2D eigenvalue weighted by molar-refractivity contribution is -0.144. The smallest absolute Gasteiger partial charge is 0.356 e. The summed E-state index contributed by atoms with van der Waals surface area (Å²) < 4.78 is 7.07. The van der Waals surface area contributed by atoms with E-state index in [9.17, 15) is 9.90 Å². The Morgan fingerprint density at radius 2 is 1.97 bits per heavy atom. The van der Waals surface area contributed by atoms with Crippen LogP contribution in [0.25, 0.3) is 10.2 Å². The summed E-state index contributed by atoms with van der Waals surface area (Å²) in [5.41, 5.74) is 3.32. The Labute approximate surface area is 172 Å². The highest BCUT2D eigenvalue weighted by molar-refractivity contribution is 7.18. The predicted molar refractivity (Wildman–Crippen MR) is 110 cm³/mol. The molecule has 1 saturated carbocycles. The van der Waals surface area contributed by atoms with Crippen LogP contribution >= 0.6 is 11.3 Å². The van der Waals surface area contributed by atoms with Crippen LogP contribution in [0.1, 0.15) is 42.2 Å². The number of benzene rings is 2. The summed E-state index contributed by atoms with van der Waals surface area (Å²) in [5.74, 6) is -0.116. The number of carboxylic acid groups (broad SMARTS) is 1. The normalized spacial score (nSPS) is 22.6. The topological polar surface area (TPSA) is 93.9 Å². The van der Waals surface area contributed by atoms with E-state index in [-0.39, 0.29) is 5.92 Å². The van der Waals surface area contributed by atoms with E-state index in [4.69, 9.17) is 9.57 Å². The highest BCUT2D eigenvalue weighted by Gasteiger charge is 2.62. The Bertz CT molecular complexity index is 990. The number of aromatic nitrogens is 1. The molecule has 0 radical (unpaired) electrons. The van der Waals surface area contributed by atoms with Crippen molar-refractivity contribution in [3.8, 4) is 5.75 Å². The van der Waals surface area contributed by atoms with Crippen LogP contribution in [0, 0.1) is 5.92 Å². The van der Waals surface area contributed by atoms with Crippen molar-refractivity contribution < 1.29 is 19.5 Å². The van der Waals surface area contributed by atoms with Crippen molar-refractivity contribution >= 4 is 27.5 Å². The van der Waals surface area contributed by atoms with Gasteiger partial charge in [0.05, 0.1) is 10.2 Å². The number of nitrogens with one attached hydrogen (secondary N) is 1. The molecule has 6 nitrogen and oxygen atoms in total. The van der Waals surface area contributed by atoms with Crippen LogP contribution in [0.5, 0.6) is 5.75 Å². The van der Waals surface area contributed by atoms with Gasteiger partial charge >= 0.3 is 5.97 Å². The lowest BCUT2D eigenvalue weighted by atomic mass is 9.78. The molecule has 2 N–H and O–H groups in total. The van der Waals surface area contributed by atoms with Crippen molar-refractivity contribution in [2.24, 2.45) is 5.92 Å². The third kappa shape index (κ3) is 3.50. The summed E-state index contributed by atoms with van der Waals surface area (Å²) >= 11 is 1.63. The van der Waals surface area contributed by atoms with Crippen LogP contribution in [0.3, 0.4) is 0 Å². The van der Waals surface area contributed by atoms with E-state index in [1.807, 2.05) is 42.5 Å². The molecule has 0 amide bonds. The number of aliphatic carboxylic acids is 1. The van der Waals surface area contributed by atoms with Crippen molar-refractivity contribution in [3.05, 3.63) is 59.1 Å². The van der Waals surface area contributed by atoms with E-state index in [2.05, 4.69) is 16.5 Å². The first-order valence-electron chi connectivity index (χ1n) is 9.91. The molecule has 5 rings (SSSR count). The summed E-state index contributed by atoms with van der Waals surface area (Å²) in [4.78, 5) is 21.7. The number of nitrogens with zero attached hydrogens (tertiary/aromatic N) is 1. The third-order valence-electron chi connectivity index (χ3n) is 5.89. The molecule has 7 heteroatoms. The lowest BCUT2D eigenvalue weighted by Crippen LogP contribution is -2.38. The average molecular weight is 410 g/mol. The van der Waals surface area contributed by atoms with Gasteiger partial charge in [0.25, 0.3) is 5.72 Å². The van der Waals surface area contributed by atoms with E-state index in [0.29, 0.717) is 12.5 Å². The van der Waals surface area contributed by atoms with Crippen LogP contribution in [-0.2, 0) is 16.2 Å². The maximum Gasteiger partial charge on any atom is 0.356 e. The van der Waals surface area contributed by atoms with Crippen LogP contribution < -0.4 is 10.2 Å². The zero-order valence-electron chi connectivity index (χ0n) is 15.8. The number of carboxylic acids is 1. The molecule has 2 aliphatic rings. The molecule has 150 valence electrons. The van der Waals surface area contributed by atoms with Gasteiger partial charge in [-0.05, 0) is 48.6 Å². The first-order valence-corrected chi connectivity index (χ1v) is 10.7. The molecule has 0 bridgehead atoms. The average Bonchev–Trinajstić information content (AvgIpc) is 3.16. The van der Waals surface area contributed by atoms with Gasteiger partial charge in [-0.15, -0.1) is 11.3 Å². The van der Waals surface area contributed by atoms with E-state index < -0.39 is 11.7 Å². The van der Waals surface area contributed by atoms with Crippen molar-refractivity contribution in [1.82, 2.24) is 10.5 Å². The molecule has 2 unspecified atom stereocenters. The van der Waals surface area contributed by atoms with E-state index in [1.165, 1.54) is 0 Å². The summed E-state index contributed by atoms with van der Waals surface area (Å²) in [7, 11) is 0. The molecule has 2 aromatic carbocycles. The van der Waals surface area contributed by atoms with Crippen LogP contribution in [0.2, 0.25) is 0 Å². The maximum absolute atomic E-state index is 11.8. The highest BCUT2D eigenvalue weighted by Crippen LogP contribution is 2.48. The van der Waals surface area contributed by atoms with Gasteiger partial charge in [0, 0.05) is 5.92 Å². The second kappa shape index (κ2) is 7.40. The van der Waals surface area contributed by atoms with Gasteiger partial charge in [-0.1, -0.05) is 37.1 Å². The first kappa shape index (κ1) is 18.5. The second-order valence-corrected chi connectivity index (χ2v) is 8.82. The van der Waals surface area contributed by atoms with E-state index in [0.717, 1.165) is 52.2 Å². The zero-order valence-corrected chi connectivity index (χ0v) is 16.7. The molecule has 2 heterocycles. The number of fused-ring (bicyclic) bond motifs is 1. The Morgan fingerprint density at radius 3 is 2.62 bits per heavy atom. The summed E-state index contributed by atoms with van der Waals surface area (Å²) in [6.07, 6.45) is 4.33. The number of hydrogen-bond acceptors (Lipinski definition) is 6. The third-order valence-corrected chi connectivity index (χ3v) is 6.90. The van der Waals surface area contributed by atoms with Crippen molar-refractivity contribution in [2.75, 3.05) is 0 Å². The largest absolute Gasteiger partial charge is 0.486 e.